The van der Waals surface area contributed by atoms with E-state index in [0.29, 0.717) is 0 Å². The van der Waals surface area contributed by atoms with Gasteiger partial charge in [0.2, 0.25) is 5.91 Å². The summed E-state index contributed by atoms with van der Waals surface area (Å²) in [5, 5.41) is 2.90. The Kier molecular flexibility index (Phi) is 2.99. The molecule has 16 heavy (non-hydrogen) atoms. The lowest BCUT2D eigenvalue weighted by Crippen LogP contribution is -2.55. The lowest BCUT2D eigenvalue weighted by molar-refractivity contribution is -0.141. The van der Waals surface area contributed by atoms with Crippen LogP contribution >= 0.6 is 11.3 Å². The monoisotopic (exact) mass is 239 g/mol. The van der Waals surface area contributed by atoms with Gasteiger partial charge in [0.1, 0.15) is 5.01 Å². The number of aromatic nitrogens is 1. The zero-order valence-corrected chi connectivity index (χ0v) is 10.5. The molecule has 2 heterocycles. The minimum atomic E-state index is -0.344. The Labute approximate surface area is 99.5 Å². The molecule has 1 aliphatic heterocycles. The van der Waals surface area contributed by atoms with Gasteiger partial charge >= 0.3 is 0 Å². The van der Waals surface area contributed by atoms with Crippen molar-refractivity contribution in [2.75, 3.05) is 6.54 Å². The van der Waals surface area contributed by atoms with Crippen molar-refractivity contribution in [3.63, 3.8) is 0 Å². The van der Waals surface area contributed by atoms with E-state index in [1.54, 1.807) is 17.5 Å². The summed E-state index contributed by atoms with van der Waals surface area (Å²) in [6.45, 7) is 4.84. The number of carbonyl (C=O) groups excluding carboxylic acids is 1. The van der Waals surface area contributed by atoms with Crippen molar-refractivity contribution in [2.45, 2.75) is 38.3 Å². The lowest BCUT2D eigenvalue weighted by Gasteiger charge is -2.41. The highest BCUT2D eigenvalue weighted by Gasteiger charge is 2.38. The maximum atomic E-state index is 12.0. The third-order valence-corrected chi connectivity index (χ3v) is 4.20. The zero-order valence-electron chi connectivity index (χ0n) is 9.64. The van der Waals surface area contributed by atoms with Crippen molar-refractivity contribution in [3.8, 4) is 0 Å². The number of hydrogen-bond donors (Lipinski definition) is 1. The Balaban J connectivity index is 2.26. The van der Waals surface area contributed by atoms with Crippen molar-refractivity contribution >= 4 is 17.2 Å². The summed E-state index contributed by atoms with van der Waals surface area (Å²) in [4.78, 5) is 18.2. The predicted molar refractivity (Wildman–Crippen MR) is 64.1 cm³/mol. The second kappa shape index (κ2) is 4.14. The maximum absolute atomic E-state index is 12.0. The molecule has 0 spiro atoms. The van der Waals surface area contributed by atoms with Crippen molar-refractivity contribution in [1.82, 2.24) is 9.88 Å². The molecule has 0 bridgehead atoms. The Hall–Kier alpha value is -0.940. The second-order valence-corrected chi connectivity index (χ2v) is 5.53. The first-order valence-corrected chi connectivity index (χ1v) is 6.38. The first-order valence-electron chi connectivity index (χ1n) is 5.50. The third-order valence-electron chi connectivity index (χ3n) is 3.11. The van der Waals surface area contributed by atoms with Gasteiger partial charge in [-0.05, 0) is 26.7 Å². The number of rotatable bonds is 2. The molecule has 1 saturated heterocycles. The van der Waals surface area contributed by atoms with Crippen LogP contribution in [0.15, 0.2) is 11.6 Å². The smallest absolute Gasteiger partial charge is 0.240 e. The van der Waals surface area contributed by atoms with Gasteiger partial charge in [0.15, 0.2) is 0 Å². The van der Waals surface area contributed by atoms with E-state index >= 15 is 0 Å². The zero-order chi connectivity index (χ0) is 11.8. The van der Waals surface area contributed by atoms with Gasteiger partial charge in [-0.2, -0.15) is 0 Å². The van der Waals surface area contributed by atoms with Crippen LogP contribution in [-0.2, 0) is 10.3 Å². The van der Waals surface area contributed by atoms with E-state index in [2.05, 4.69) is 4.98 Å². The molecule has 1 aromatic rings. The van der Waals surface area contributed by atoms with Crippen LogP contribution < -0.4 is 5.73 Å². The Morgan fingerprint density at radius 3 is 3.00 bits per heavy atom. The van der Waals surface area contributed by atoms with Gasteiger partial charge in [0.25, 0.3) is 0 Å². The van der Waals surface area contributed by atoms with Crippen molar-refractivity contribution in [3.05, 3.63) is 16.6 Å². The third kappa shape index (κ3) is 1.85. The van der Waals surface area contributed by atoms with E-state index in [-0.39, 0.29) is 17.5 Å². The summed E-state index contributed by atoms with van der Waals surface area (Å²) < 4.78 is 0. The van der Waals surface area contributed by atoms with Crippen LogP contribution in [0, 0.1) is 0 Å². The van der Waals surface area contributed by atoms with Crippen molar-refractivity contribution in [1.29, 1.82) is 0 Å². The van der Waals surface area contributed by atoms with Gasteiger partial charge in [-0.1, -0.05) is 0 Å². The van der Waals surface area contributed by atoms with E-state index in [1.807, 2.05) is 24.1 Å². The summed E-state index contributed by atoms with van der Waals surface area (Å²) >= 11 is 1.58. The van der Waals surface area contributed by atoms with Gasteiger partial charge in [-0.15, -0.1) is 11.3 Å². The van der Waals surface area contributed by atoms with Gasteiger partial charge < -0.3 is 10.6 Å². The summed E-state index contributed by atoms with van der Waals surface area (Å²) in [5.41, 5.74) is 5.47. The first-order chi connectivity index (χ1) is 7.53. The van der Waals surface area contributed by atoms with Crippen molar-refractivity contribution < 1.29 is 4.79 Å². The number of amides is 1. The van der Waals surface area contributed by atoms with Gasteiger partial charge in [-0.25, -0.2) is 4.98 Å². The summed E-state index contributed by atoms with van der Waals surface area (Å²) in [6.07, 6.45) is 3.54. The highest BCUT2D eigenvalue weighted by molar-refractivity contribution is 7.09. The number of likely N-dealkylation sites (tertiary alicyclic amines) is 1. The van der Waals surface area contributed by atoms with Crippen LogP contribution in [0.25, 0.3) is 0 Å². The van der Waals surface area contributed by atoms with Crippen LogP contribution in [0.3, 0.4) is 0 Å². The van der Waals surface area contributed by atoms with Crippen molar-refractivity contribution in [2.24, 2.45) is 5.73 Å². The normalized spacial score (nSPS) is 22.6. The molecule has 0 aliphatic carbocycles. The molecule has 1 fully saturated rings. The van der Waals surface area contributed by atoms with Crippen LogP contribution in [0.5, 0.6) is 0 Å². The number of hydrogen-bond acceptors (Lipinski definition) is 4. The molecule has 2 rings (SSSR count). The molecule has 1 amide bonds. The molecule has 1 aliphatic rings. The highest BCUT2D eigenvalue weighted by atomic mass is 32.1. The largest absolute Gasteiger partial charge is 0.330 e. The molecular formula is C11H17N3OS. The Morgan fingerprint density at radius 2 is 2.38 bits per heavy atom. The summed E-state index contributed by atoms with van der Waals surface area (Å²) in [5.74, 6) is 0.0476. The molecular weight excluding hydrogens is 222 g/mol. The van der Waals surface area contributed by atoms with E-state index in [4.69, 9.17) is 5.73 Å². The summed E-state index contributed by atoms with van der Waals surface area (Å²) in [6, 6.07) is -0.340. The van der Waals surface area contributed by atoms with Gasteiger partial charge in [0.05, 0.1) is 11.6 Å². The average molecular weight is 239 g/mol. The Morgan fingerprint density at radius 1 is 1.62 bits per heavy atom. The van der Waals surface area contributed by atoms with Crippen LogP contribution in [0.2, 0.25) is 0 Å². The quantitative estimate of drug-likeness (QED) is 0.847. The van der Waals surface area contributed by atoms with E-state index in [1.165, 1.54) is 0 Å². The molecule has 4 nitrogen and oxygen atoms in total. The number of nitrogens with zero attached hydrogens (tertiary/aromatic N) is 2. The SMILES string of the molecule is CC(C)(c1nccs1)N1CCCC(N)C1=O. The molecule has 0 aromatic carbocycles. The van der Waals surface area contributed by atoms with Crippen LogP contribution in [0.1, 0.15) is 31.7 Å². The lowest BCUT2D eigenvalue weighted by atomic mass is 9.96. The van der Waals surface area contributed by atoms with Crippen LogP contribution in [0.4, 0.5) is 0 Å². The van der Waals surface area contributed by atoms with Gasteiger partial charge in [-0.3, -0.25) is 4.79 Å². The Bertz CT molecular complexity index is 375. The van der Waals surface area contributed by atoms with E-state index < -0.39 is 0 Å². The number of carbonyl (C=O) groups is 1. The van der Waals surface area contributed by atoms with Crippen LogP contribution in [-0.4, -0.2) is 28.4 Å². The number of nitrogens with two attached hydrogens (primary N) is 1. The molecule has 2 N–H and O–H groups in total. The average Bonchev–Trinajstić information content (AvgIpc) is 2.75. The number of thiazole rings is 1. The molecule has 5 heteroatoms. The fourth-order valence-electron chi connectivity index (χ4n) is 2.10. The van der Waals surface area contributed by atoms with E-state index in [9.17, 15) is 4.79 Å². The fourth-order valence-corrected chi connectivity index (χ4v) is 2.87. The molecule has 0 radical (unpaired) electrons. The topological polar surface area (TPSA) is 59.2 Å². The predicted octanol–water partition coefficient (Wildman–Crippen LogP) is 1.33. The fraction of sp³-hybridized carbons (Fsp3) is 0.636. The molecule has 1 atom stereocenters. The molecule has 1 unspecified atom stereocenters. The highest BCUT2D eigenvalue weighted by Crippen LogP contribution is 2.31. The molecule has 88 valence electrons. The molecule has 0 saturated carbocycles. The van der Waals surface area contributed by atoms with E-state index in [0.717, 1.165) is 24.4 Å². The summed E-state index contributed by atoms with van der Waals surface area (Å²) in [7, 11) is 0. The maximum Gasteiger partial charge on any atom is 0.240 e. The number of piperidine rings is 1. The van der Waals surface area contributed by atoms with Gasteiger partial charge in [0, 0.05) is 18.1 Å². The molecule has 1 aromatic heterocycles. The second-order valence-electron chi connectivity index (χ2n) is 4.63. The standard InChI is InChI=1S/C11H17N3OS/c1-11(2,10-13-5-7-16-10)14-6-3-4-8(12)9(14)15/h5,7-8H,3-4,6,12H2,1-2H3. The first kappa shape index (κ1) is 11.5. The minimum absolute atomic E-state index is 0.0476. The minimum Gasteiger partial charge on any atom is -0.330 e.